The van der Waals surface area contributed by atoms with E-state index in [2.05, 4.69) is 38.5 Å². The molecule has 33 nitrogen and oxygen atoms in total. The number of esters is 1. The van der Waals surface area contributed by atoms with Crippen LogP contribution in [0.25, 0.3) is 33.4 Å². The first-order valence-electron chi connectivity index (χ1n) is 43.3. The van der Waals surface area contributed by atoms with Gasteiger partial charge in [0.1, 0.15) is 59.6 Å². The molecule has 3 aromatic heterocycles. The zero-order valence-electron chi connectivity index (χ0n) is 72.0. The van der Waals surface area contributed by atoms with Crippen LogP contribution in [-0.2, 0) is 105 Å². The van der Waals surface area contributed by atoms with E-state index < -0.39 is 89.5 Å². The van der Waals surface area contributed by atoms with Crippen molar-refractivity contribution in [2.75, 3.05) is 144 Å². The van der Waals surface area contributed by atoms with E-state index in [4.69, 9.17) is 95.8 Å². The van der Waals surface area contributed by atoms with Crippen molar-refractivity contribution < 1.29 is 105 Å². The van der Waals surface area contributed by atoms with Gasteiger partial charge in [0.15, 0.2) is 17.0 Å². The number of amides is 2. The van der Waals surface area contributed by atoms with Gasteiger partial charge in [0, 0.05) is 76.0 Å². The van der Waals surface area contributed by atoms with Crippen LogP contribution in [0.5, 0.6) is 0 Å². The van der Waals surface area contributed by atoms with Gasteiger partial charge in [-0.3, -0.25) is 24.0 Å². The number of piperidine rings is 1. The molecule has 7 heterocycles. The quantitative estimate of drug-likeness (QED) is 0.00678. The number of nitrogens with one attached hydrogen (secondary N) is 1. The summed E-state index contributed by atoms with van der Waals surface area (Å²) in [6.45, 7) is 17.0. The number of thiocarbonyl (C=S) groups is 1. The molecule has 5 aliphatic rings. The van der Waals surface area contributed by atoms with Crippen LogP contribution in [0.4, 0.5) is 11.8 Å². The minimum absolute atomic E-state index is 0.0334. The minimum Gasteiger partial charge on any atom is -0.468 e. The van der Waals surface area contributed by atoms with E-state index in [1.165, 1.54) is 24.9 Å². The predicted octanol–water partition coefficient (Wildman–Crippen LogP) is 7.51. The van der Waals surface area contributed by atoms with Gasteiger partial charge in [-0.05, 0) is 161 Å². The normalized spacial score (nSPS) is 26.3. The van der Waals surface area contributed by atoms with Crippen molar-refractivity contribution in [2.24, 2.45) is 29.4 Å². The Morgan fingerprint density at radius 2 is 1.41 bits per heavy atom. The Morgan fingerprint density at radius 1 is 0.740 bits per heavy atom. The van der Waals surface area contributed by atoms with E-state index in [0.717, 1.165) is 33.6 Å². The largest absolute Gasteiger partial charge is 0.468 e. The lowest BCUT2D eigenvalue weighted by molar-refractivity contribution is -0.245. The first-order chi connectivity index (χ1) is 59.4. The maximum atomic E-state index is 14.5. The molecule has 1 saturated carbocycles. The summed E-state index contributed by atoms with van der Waals surface area (Å²) in [5.74, 6) is -7.62. The van der Waals surface area contributed by atoms with Gasteiger partial charge < -0.3 is 109 Å². The number of hydrogen-bond donors (Lipinski definition) is 7. The molecule has 3 unspecified atom stereocenters. The SMILES string of the molecule is CO[C@H]1CC2CCC[C@@](O)(O2)C(=O)C(=O)N2CCCC[C@H]2C(=O)OC([C@H](N)C[C@H]2CC[C@H](OC(=S)NCCOCCOCCOCCOCCOCCOCCOCCOCCC(=O)N3CCc4cc(Cn5nc(-c6ccc7oc(N)nc7c6)c6c(N)ncnc65)ccc4C3)CC2)CC(=O)[C@H](C)/C=C(\C)C(O)[C@@H](O)C(=O)[C@H](C)C[C@H](C)/C=C/C=C/C=C/1C. The summed E-state index contributed by atoms with van der Waals surface area (Å²) in [5.41, 5.74) is 26.7. The number of fused-ring (bicyclic) bond motifs is 6. The highest BCUT2D eigenvalue weighted by Crippen LogP contribution is 2.37. The van der Waals surface area contributed by atoms with Crippen molar-refractivity contribution >= 4 is 86.5 Å². The number of carbonyl (C=O) groups excluding carboxylic acids is 6. The topological polar surface area (TPSA) is 440 Å². The van der Waals surface area contributed by atoms with Crippen LogP contribution < -0.4 is 22.5 Å². The summed E-state index contributed by atoms with van der Waals surface area (Å²) in [6.07, 6.45) is 12.8. The molecule has 11 atom stereocenters. The van der Waals surface area contributed by atoms with E-state index in [9.17, 15) is 44.1 Å². The number of aromatic nitrogens is 5. The third kappa shape index (κ3) is 29.3. The minimum atomic E-state index is -2.44. The molecule has 3 fully saturated rings. The Labute approximate surface area is 724 Å². The molecular weight excluding hydrogens is 1610 g/mol. The molecule has 2 amide bonds. The van der Waals surface area contributed by atoms with Gasteiger partial charge in [0.2, 0.25) is 11.7 Å². The molecule has 10 N–H and O–H groups in total. The molecule has 0 spiro atoms. The number of anilines is 2. The van der Waals surface area contributed by atoms with Crippen molar-refractivity contribution in [2.45, 2.75) is 205 Å². The van der Waals surface area contributed by atoms with E-state index in [0.29, 0.717) is 230 Å². The number of nitrogen functional groups attached to an aromatic ring is 2. The number of Topliss-reactive ketones (excluding diaryl/α,β-unsaturated/α-hetero) is 3. The molecule has 676 valence electrons. The lowest BCUT2D eigenvalue weighted by Gasteiger charge is -2.40. The maximum absolute atomic E-state index is 14.5. The molecule has 123 heavy (non-hydrogen) atoms. The zero-order valence-corrected chi connectivity index (χ0v) is 72.8. The molecule has 4 aliphatic heterocycles. The van der Waals surface area contributed by atoms with Crippen LogP contribution in [0, 0.1) is 23.7 Å². The van der Waals surface area contributed by atoms with Crippen LogP contribution in [0.2, 0.25) is 0 Å². The molecule has 34 heteroatoms. The second-order valence-electron chi connectivity index (χ2n) is 32.5. The average molecular weight is 1740 g/mol. The first kappa shape index (κ1) is 96.8. The Morgan fingerprint density at radius 3 is 2.08 bits per heavy atom. The number of nitrogens with two attached hydrogens (primary N) is 3. The number of ether oxygens (including phenoxy) is 12. The third-order valence-electron chi connectivity index (χ3n) is 23.2. The predicted molar refractivity (Wildman–Crippen MR) is 461 cm³/mol. The maximum Gasteiger partial charge on any atom is 0.329 e. The number of hydrogen-bond acceptors (Lipinski definition) is 30. The van der Waals surface area contributed by atoms with Gasteiger partial charge in [0.05, 0.1) is 136 Å². The number of cyclic esters (lactones) is 1. The summed E-state index contributed by atoms with van der Waals surface area (Å²) in [5, 5.41) is 43.2. The van der Waals surface area contributed by atoms with Gasteiger partial charge in [-0.2, -0.15) is 10.1 Å². The van der Waals surface area contributed by atoms with Crippen molar-refractivity contribution in [1.82, 2.24) is 39.8 Å². The highest BCUT2D eigenvalue weighted by atomic mass is 32.1. The lowest BCUT2D eigenvalue weighted by atomic mass is 9.81. The monoisotopic (exact) mass is 1730 g/mol. The van der Waals surface area contributed by atoms with Gasteiger partial charge in [-0.25, -0.2) is 19.4 Å². The fraction of sp³-hybridized carbons (Fsp3) is 0.629. The average Bonchev–Trinajstić information content (AvgIpc) is 1.69. The Hall–Kier alpha value is -8.43. The van der Waals surface area contributed by atoms with Crippen LogP contribution in [0.1, 0.15) is 148 Å². The lowest BCUT2D eigenvalue weighted by Crippen LogP contribution is -2.58. The molecule has 2 aromatic carbocycles. The number of benzene rings is 2. The Bertz CT molecular complexity index is 4400. The fourth-order valence-corrected chi connectivity index (χ4v) is 16.4. The summed E-state index contributed by atoms with van der Waals surface area (Å²) < 4.78 is 76.7. The second-order valence-corrected chi connectivity index (χ2v) is 32.9. The van der Waals surface area contributed by atoms with Gasteiger partial charge in [-0.1, -0.05) is 75.4 Å². The van der Waals surface area contributed by atoms with Crippen molar-refractivity contribution in [3.05, 3.63) is 107 Å². The molecule has 2 bridgehead atoms. The third-order valence-corrected chi connectivity index (χ3v) is 23.4. The molecular formula is C89H127N11O22S. The standard InChI is InChI=1S/C89H127N11O22S/c1-57-13-8-7-9-14-58(2)74(110-6)52-68-15-12-27-89(109,122-68)82(106)85(107)99-29-11-10-16-71(99)86(108)120-75(53-72(101)59(3)48-61(5)80(104)81(105)79(103)60(4)47-57)69(90)50-62-18-22-67(23-19-62)119-88(123)93-28-32-112-34-36-114-38-40-116-42-44-118-46-45-117-43-41-115-39-37-113-35-33-111-31-26-76(102)98-30-25-64-49-63(17-20-66(64)55-98)54-100-84-77(83(91)94-56-95-84)78(97-100)65-21-24-73-70(51-65)96-87(92)121-73/h7-9,13-14,17,20-21,24,48-49,51,56-57,59-60,62,67-69,71,74-75,80-81,104-105,109H,10-12,15-16,18-19,22-23,25-47,50,52-55,90H2,1-6H3,(H2,92,96)(H,93,123)(H2,91,94,95)/b9-7+,13-8+,58-14+,61-48+/t57-,59-,60-,62-,67-,68?,69-,71+,74+,75?,80?,81+,89-/m1/s1. The summed E-state index contributed by atoms with van der Waals surface area (Å²) in [4.78, 5) is 100. The number of allylic oxidation sites excluding steroid dienone is 6. The van der Waals surface area contributed by atoms with E-state index in [1.54, 1.807) is 27.0 Å². The zero-order chi connectivity index (χ0) is 87.8. The first-order valence-corrected chi connectivity index (χ1v) is 43.7. The summed E-state index contributed by atoms with van der Waals surface area (Å²) >= 11 is 5.53. The van der Waals surface area contributed by atoms with E-state index in [-0.39, 0.29) is 79.3 Å². The summed E-state index contributed by atoms with van der Waals surface area (Å²) in [6, 6.07) is 9.84. The smallest absolute Gasteiger partial charge is 0.329 e. The number of nitrogens with zero attached hydrogens (tertiary/aromatic N) is 7. The van der Waals surface area contributed by atoms with Crippen LogP contribution in [-0.4, -0.2) is 277 Å². The highest BCUT2D eigenvalue weighted by Gasteiger charge is 2.50. The Balaban J connectivity index is 0.533. The van der Waals surface area contributed by atoms with Gasteiger partial charge in [-0.15, -0.1) is 0 Å². The number of aliphatic hydroxyl groups excluding tert-OH is 2. The molecule has 10 rings (SSSR count). The molecule has 2 saturated heterocycles. The number of aliphatic hydroxyl groups is 3. The van der Waals surface area contributed by atoms with Crippen LogP contribution in [0.3, 0.4) is 0 Å². The number of methoxy groups -OCH3 is 1. The second kappa shape index (κ2) is 49.5. The summed E-state index contributed by atoms with van der Waals surface area (Å²) in [7, 11) is 1.56. The molecule has 5 aromatic rings. The number of rotatable bonds is 35. The molecule has 0 radical (unpaired) electrons. The van der Waals surface area contributed by atoms with Gasteiger partial charge >= 0.3 is 5.97 Å². The number of ketones is 3. The van der Waals surface area contributed by atoms with Crippen molar-refractivity contribution in [3.63, 3.8) is 0 Å². The fourth-order valence-electron chi connectivity index (χ4n) is 16.2. The van der Waals surface area contributed by atoms with E-state index in [1.807, 2.05) is 65.9 Å². The number of oxazole rings is 1. The van der Waals surface area contributed by atoms with Crippen LogP contribution in [0.15, 0.2) is 94.7 Å². The van der Waals surface area contributed by atoms with E-state index >= 15 is 0 Å². The Kier molecular flexibility index (Phi) is 38.9. The van der Waals surface area contributed by atoms with Crippen molar-refractivity contribution in [1.29, 1.82) is 0 Å². The number of carbonyl (C=O) groups is 6. The van der Waals surface area contributed by atoms with Gasteiger partial charge in [0.25, 0.3) is 22.9 Å². The molecule has 1 aliphatic carbocycles. The highest BCUT2D eigenvalue weighted by molar-refractivity contribution is 7.80. The van der Waals surface area contributed by atoms with Crippen LogP contribution >= 0.6 is 12.2 Å². The van der Waals surface area contributed by atoms with Crippen molar-refractivity contribution in [3.8, 4) is 11.3 Å².